The third-order valence-electron chi connectivity index (χ3n) is 13.1. The fraction of sp³-hybridized carbons (Fsp3) is 0.682. The zero-order chi connectivity index (χ0) is 35.4. The summed E-state index contributed by atoms with van der Waals surface area (Å²) in [4.78, 5) is 31.4. The molecule has 2 bridgehead atoms. The van der Waals surface area contributed by atoms with Crippen LogP contribution in [0.1, 0.15) is 140 Å². The van der Waals surface area contributed by atoms with Gasteiger partial charge in [0, 0.05) is 55.1 Å². The molecule has 1 spiro atoms. The Bertz CT molecular complexity index is 1510. The van der Waals surface area contributed by atoms with Crippen LogP contribution in [0.5, 0.6) is 17.2 Å². The molecule has 2 aliphatic heterocycles. The highest BCUT2D eigenvalue weighted by Crippen LogP contribution is 2.66. The van der Waals surface area contributed by atoms with Crippen LogP contribution in [0.3, 0.4) is 0 Å². The quantitative estimate of drug-likeness (QED) is 0.0897. The monoisotopic (exact) mass is 698 g/mol. The van der Waals surface area contributed by atoms with E-state index in [0.29, 0.717) is 29.9 Å². The largest absolute Gasteiger partial charge is 0.508 e. The molecular weight excluding hydrogens is 636 g/mol. The number of likely N-dealkylation sites (tertiary alicyclic amines) is 1. The first-order chi connectivity index (χ1) is 24.9. The number of carbonyl (C=O) groups is 2. The number of nitrogens with zero attached hydrogens (tertiary/aromatic N) is 2. The molecule has 2 heterocycles. The molecule has 3 aliphatic carbocycles. The van der Waals surface area contributed by atoms with Crippen LogP contribution in [-0.2, 0) is 27.8 Å². The van der Waals surface area contributed by atoms with Crippen LogP contribution in [0.2, 0.25) is 0 Å². The van der Waals surface area contributed by atoms with Gasteiger partial charge in [-0.3, -0.25) is 14.5 Å². The summed E-state index contributed by atoms with van der Waals surface area (Å²) >= 11 is 0. The fourth-order valence-electron chi connectivity index (χ4n) is 10.5. The first-order valence-electron chi connectivity index (χ1n) is 20.7. The first kappa shape index (κ1) is 36.3. The van der Waals surface area contributed by atoms with Crippen molar-refractivity contribution in [2.45, 2.75) is 159 Å². The zero-order valence-electron chi connectivity index (χ0n) is 31.4. The van der Waals surface area contributed by atoms with Crippen LogP contribution in [0.25, 0.3) is 0 Å². The predicted molar refractivity (Wildman–Crippen MR) is 201 cm³/mol. The number of hydrogen-bond donors (Lipinski definition) is 1. The Hall–Kier alpha value is -3.06. The Morgan fingerprint density at radius 1 is 0.961 bits per heavy atom. The molecule has 2 saturated carbocycles. The summed E-state index contributed by atoms with van der Waals surface area (Å²) in [5, 5.41) is 11.4. The maximum absolute atomic E-state index is 14.3. The van der Waals surface area contributed by atoms with E-state index in [4.69, 9.17) is 9.47 Å². The van der Waals surface area contributed by atoms with Crippen molar-refractivity contribution in [2.24, 2.45) is 11.8 Å². The maximum Gasteiger partial charge on any atom is 0.308 e. The predicted octanol–water partition coefficient (Wildman–Crippen LogP) is 8.91. The number of phenols is 1. The minimum atomic E-state index is -0.415. The number of benzene rings is 2. The van der Waals surface area contributed by atoms with Crippen molar-refractivity contribution < 1.29 is 24.2 Å². The number of esters is 1. The van der Waals surface area contributed by atoms with E-state index in [9.17, 15) is 14.7 Å². The first-order valence-corrected chi connectivity index (χ1v) is 20.7. The minimum absolute atomic E-state index is 0.0252. The summed E-state index contributed by atoms with van der Waals surface area (Å²) in [6.07, 6.45) is 20.8. The molecule has 7 rings (SSSR count). The van der Waals surface area contributed by atoms with Gasteiger partial charge in [-0.1, -0.05) is 88.6 Å². The van der Waals surface area contributed by atoms with Crippen molar-refractivity contribution in [2.75, 3.05) is 19.6 Å². The van der Waals surface area contributed by atoms with Crippen molar-refractivity contribution in [3.8, 4) is 17.2 Å². The molecular formula is C44H62N2O5. The molecule has 7 heteroatoms. The van der Waals surface area contributed by atoms with E-state index >= 15 is 0 Å². The van der Waals surface area contributed by atoms with E-state index < -0.39 is 5.97 Å². The van der Waals surface area contributed by atoms with E-state index in [-0.39, 0.29) is 29.2 Å². The molecule has 2 aromatic rings. The molecule has 1 saturated heterocycles. The van der Waals surface area contributed by atoms with Crippen molar-refractivity contribution in [3.63, 3.8) is 0 Å². The number of hydrogen-bond acceptors (Lipinski definition) is 6. The summed E-state index contributed by atoms with van der Waals surface area (Å²) < 4.78 is 12.8. The number of carbonyl (C=O) groups excluding carboxylic acids is 2. The van der Waals surface area contributed by atoms with Gasteiger partial charge in [0.15, 0.2) is 11.5 Å². The van der Waals surface area contributed by atoms with Gasteiger partial charge in [-0.05, 0) is 88.2 Å². The molecule has 5 aliphatic rings. The molecule has 3 fully saturated rings. The fourth-order valence-corrected chi connectivity index (χ4v) is 10.5. The molecule has 1 N–H and O–H groups in total. The van der Waals surface area contributed by atoms with Crippen LogP contribution in [0.15, 0.2) is 36.4 Å². The summed E-state index contributed by atoms with van der Waals surface area (Å²) in [5.74, 6) is 2.26. The van der Waals surface area contributed by atoms with Gasteiger partial charge >= 0.3 is 5.97 Å². The number of rotatable bonds is 19. The van der Waals surface area contributed by atoms with Crippen molar-refractivity contribution in [1.82, 2.24) is 9.80 Å². The van der Waals surface area contributed by atoms with E-state index in [0.717, 1.165) is 94.5 Å². The number of piperidine rings is 1. The molecule has 7 nitrogen and oxygen atoms in total. The van der Waals surface area contributed by atoms with Gasteiger partial charge in [-0.15, -0.1) is 0 Å². The summed E-state index contributed by atoms with van der Waals surface area (Å²) in [6, 6.07) is 12.7. The molecule has 5 atom stereocenters. The number of aryl methyl sites for hydroxylation is 1. The van der Waals surface area contributed by atoms with Gasteiger partial charge in [-0.2, -0.15) is 0 Å². The van der Waals surface area contributed by atoms with E-state index in [1.807, 2.05) is 0 Å². The Morgan fingerprint density at radius 3 is 2.43 bits per heavy atom. The summed E-state index contributed by atoms with van der Waals surface area (Å²) in [6.45, 7) is 6.56. The van der Waals surface area contributed by atoms with Crippen LogP contribution < -0.4 is 9.47 Å². The lowest BCUT2D eigenvalue weighted by atomic mass is 9.50. The lowest BCUT2D eigenvalue weighted by molar-refractivity contribution is -0.143. The molecule has 2 aromatic carbocycles. The lowest BCUT2D eigenvalue weighted by Crippen LogP contribution is -2.69. The van der Waals surface area contributed by atoms with E-state index in [1.54, 1.807) is 6.07 Å². The number of unbranched alkanes of at least 4 members (excludes halogenated alkanes) is 9. The highest BCUT2D eigenvalue weighted by molar-refractivity contribution is 5.77. The van der Waals surface area contributed by atoms with Gasteiger partial charge in [0.25, 0.3) is 0 Å². The molecule has 51 heavy (non-hydrogen) atoms. The number of ether oxygens (including phenoxy) is 2. The number of phenolic OH excluding ortho intramolecular Hbond substituents is 1. The van der Waals surface area contributed by atoms with Crippen LogP contribution in [0, 0.1) is 11.8 Å². The third kappa shape index (κ3) is 7.70. The minimum Gasteiger partial charge on any atom is -0.508 e. The van der Waals surface area contributed by atoms with Crippen molar-refractivity contribution >= 4 is 11.9 Å². The highest BCUT2D eigenvalue weighted by Gasteiger charge is 2.67. The van der Waals surface area contributed by atoms with E-state index in [2.05, 4.69) is 47.1 Å². The van der Waals surface area contributed by atoms with Gasteiger partial charge in [0.2, 0.25) is 5.91 Å². The van der Waals surface area contributed by atoms with Crippen LogP contribution in [0.4, 0.5) is 0 Å². The van der Waals surface area contributed by atoms with Gasteiger partial charge in [0.05, 0.1) is 6.04 Å². The van der Waals surface area contributed by atoms with Gasteiger partial charge in [-0.25, -0.2) is 0 Å². The van der Waals surface area contributed by atoms with Crippen molar-refractivity contribution in [3.05, 3.63) is 53.1 Å². The van der Waals surface area contributed by atoms with Crippen molar-refractivity contribution in [1.29, 1.82) is 0 Å². The highest BCUT2D eigenvalue weighted by atomic mass is 16.6. The average molecular weight is 699 g/mol. The molecule has 1 amide bonds. The standard InChI is InChI=1S/C44H62N2O5/c1-3-4-16-26-46(40(49)20-15-10-8-6-5-7-9-12-17-32-18-13-11-14-19-32)36-24-23-35-37-28-34-38(48)29-39(50-31(2)47)42-41(34)44(35,43(36)51-42)25-27-45(37)30-33-21-22-33/h11,13-14,18-19,29,33,35-37,43,48H,3-10,12,15-17,20-28,30H2,1-2H3/t35-,36+,37+,43-,44-/m0/s1. The molecule has 0 unspecified atom stereocenters. The summed E-state index contributed by atoms with van der Waals surface area (Å²) in [7, 11) is 0. The Kier molecular flexibility index (Phi) is 11.6. The normalized spacial score (nSPS) is 26.0. The maximum atomic E-state index is 14.3. The third-order valence-corrected chi connectivity index (χ3v) is 13.1. The average Bonchev–Trinajstić information content (AvgIpc) is 3.88. The smallest absolute Gasteiger partial charge is 0.308 e. The Balaban J connectivity index is 1.02. The second-order valence-corrected chi connectivity index (χ2v) is 16.6. The molecule has 0 radical (unpaired) electrons. The SMILES string of the molecule is CCCCCN(C(=O)CCCCCCCCCCc1ccccc1)[C@@H]1CC[C@H]2[C@H]3Cc4c(O)cc(OC(C)=O)c5c4[C@@]2(CCN3CC2CC2)[C@H]1O5. The van der Waals surface area contributed by atoms with Gasteiger partial charge < -0.3 is 19.5 Å². The lowest BCUT2D eigenvalue weighted by Gasteiger charge is -2.60. The van der Waals surface area contributed by atoms with E-state index in [1.165, 1.54) is 70.3 Å². The topological polar surface area (TPSA) is 79.3 Å². The summed E-state index contributed by atoms with van der Waals surface area (Å²) in [5.41, 5.74) is 3.22. The second-order valence-electron chi connectivity index (χ2n) is 16.6. The second kappa shape index (κ2) is 16.3. The Labute approximate surface area is 306 Å². The Morgan fingerprint density at radius 2 is 1.71 bits per heavy atom. The van der Waals surface area contributed by atoms with Gasteiger partial charge in [0.1, 0.15) is 11.9 Å². The molecule has 278 valence electrons. The van der Waals surface area contributed by atoms with Crippen LogP contribution >= 0.6 is 0 Å². The number of aromatic hydroxyl groups is 1. The molecule has 0 aromatic heterocycles. The van der Waals surface area contributed by atoms with Crippen LogP contribution in [-0.4, -0.2) is 64.6 Å². The number of amides is 1. The zero-order valence-corrected chi connectivity index (χ0v) is 31.4.